The van der Waals surface area contributed by atoms with Gasteiger partial charge in [-0.2, -0.15) is 0 Å². The van der Waals surface area contributed by atoms with E-state index in [4.69, 9.17) is 10.5 Å². The minimum atomic E-state index is -0.198. The van der Waals surface area contributed by atoms with Crippen molar-refractivity contribution in [3.63, 3.8) is 0 Å². The second kappa shape index (κ2) is 5.75. The van der Waals surface area contributed by atoms with Crippen LogP contribution in [0.5, 0.6) is 5.75 Å². The van der Waals surface area contributed by atoms with Crippen LogP contribution in [-0.2, 0) is 5.54 Å². The molecule has 1 aliphatic rings. The summed E-state index contributed by atoms with van der Waals surface area (Å²) in [6.45, 7) is 2.29. The topological polar surface area (TPSA) is 35.2 Å². The van der Waals surface area contributed by atoms with Gasteiger partial charge in [-0.3, -0.25) is 0 Å². The monoisotopic (exact) mass is 247 g/mol. The third-order valence-corrected chi connectivity index (χ3v) is 4.45. The Morgan fingerprint density at radius 1 is 1.28 bits per heavy atom. The molecule has 2 nitrogen and oxygen atoms in total. The molecule has 0 radical (unpaired) electrons. The maximum Gasteiger partial charge on any atom is 0.123 e. The maximum absolute atomic E-state index is 6.69. The fourth-order valence-electron chi connectivity index (χ4n) is 3.17. The van der Waals surface area contributed by atoms with Gasteiger partial charge < -0.3 is 10.5 Å². The van der Waals surface area contributed by atoms with Gasteiger partial charge in [0, 0.05) is 11.1 Å². The standard InChI is InChI=1S/C16H25NO/c1-3-13-7-6-11-16(17,12-10-13)14-8-4-5-9-15(14)18-2/h4-5,8-9,13H,3,6-7,10-12,17H2,1-2H3. The van der Waals surface area contributed by atoms with Crippen LogP contribution < -0.4 is 10.5 Å². The third-order valence-electron chi connectivity index (χ3n) is 4.45. The molecule has 1 aliphatic carbocycles. The lowest BCUT2D eigenvalue weighted by atomic mass is 9.83. The predicted octanol–water partition coefficient (Wildman–Crippen LogP) is 3.84. The molecule has 2 heteroatoms. The summed E-state index contributed by atoms with van der Waals surface area (Å²) < 4.78 is 5.48. The van der Waals surface area contributed by atoms with E-state index in [1.165, 1.54) is 31.2 Å². The molecule has 0 spiro atoms. The molecular weight excluding hydrogens is 222 g/mol. The van der Waals surface area contributed by atoms with Crippen LogP contribution in [0.15, 0.2) is 24.3 Å². The zero-order valence-corrected chi connectivity index (χ0v) is 11.6. The van der Waals surface area contributed by atoms with E-state index in [0.717, 1.165) is 24.5 Å². The van der Waals surface area contributed by atoms with Crippen LogP contribution in [0.4, 0.5) is 0 Å². The number of nitrogens with two attached hydrogens (primary N) is 1. The van der Waals surface area contributed by atoms with Gasteiger partial charge in [0.1, 0.15) is 5.75 Å². The summed E-state index contributed by atoms with van der Waals surface area (Å²) in [5.41, 5.74) is 7.68. The number of hydrogen-bond donors (Lipinski definition) is 1. The zero-order chi connectivity index (χ0) is 13.0. The van der Waals surface area contributed by atoms with Gasteiger partial charge in [0.25, 0.3) is 0 Å². The van der Waals surface area contributed by atoms with E-state index in [-0.39, 0.29) is 5.54 Å². The number of benzene rings is 1. The van der Waals surface area contributed by atoms with Gasteiger partial charge in [-0.15, -0.1) is 0 Å². The lowest BCUT2D eigenvalue weighted by Gasteiger charge is -2.30. The third kappa shape index (κ3) is 2.69. The highest BCUT2D eigenvalue weighted by atomic mass is 16.5. The van der Waals surface area contributed by atoms with E-state index >= 15 is 0 Å². The van der Waals surface area contributed by atoms with E-state index < -0.39 is 0 Å². The van der Waals surface area contributed by atoms with Gasteiger partial charge in [-0.25, -0.2) is 0 Å². The van der Waals surface area contributed by atoms with Gasteiger partial charge in [-0.1, -0.05) is 44.4 Å². The van der Waals surface area contributed by atoms with E-state index in [1.54, 1.807) is 7.11 Å². The number of ether oxygens (including phenoxy) is 1. The van der Waals surface area contributed by atoms with Crippen LogP contribution in [0.25, 0.3) is 0 Å². The molecule has 1 aromatic carbocycles. The number of para-hydroxylation sites is 1. The molecule has 100 valence electrons. The van der Waals surface area contributed by atoms with Crippen molar-refractivity contribution in [3.05, 3.63) is 29.8 Å². The number of hydrogen-bond acceptors (Lipinski definition) is 2. The molecule has 0 bridgehead atoms. The van der Waals surface area contributed by atoms with Crippen LogP contribution in [0.2, 0.25) is 0 Å². The quantitative estimate of drug-likeness (QED) is 0.824. The second-order valence-corrected chi connectivity index (χ2v) is 5.56. The molecule has 1 fully saturated rings. The second-order valence-electron chi connectivity index (χ2n) is 5.56. The van der Waals surface area contributed by atoms with Crippen molar-refractivity contribution in [1.82, 2.24) is 0 Å². The summed E-state index contributed by atoms with van der Waals surface area (Å²) >= 11 is 0. The van der Waals surface area contributed by atoms with Crippen molar-refractivity contribution in [2.75, 3.05) is 7.11 Å². The summed E-state index contributed by atoms with van der Waals surface area (Å²) in [6, 6.07) is 8.23. The minimum absolute atomic E-state index is 0.198. The van der Waals surface area contributed by atoms with Crippen molar-refractivity contribution in [2.24, 2.45) is 11.7 Å². The number of methoxy groups -OCH3 is 1. The average molecular weight is 247 g/mol. The Morgan fingerprint density at radius 3 is 2.78 bits per heavy atom. The normalized spacial score (nSPS) is 28.7. The summed E-state index contributed by atoms with van der Waals surface area (Å²) in [7, 11) is 1.73. The van der Waals surface area contributed by atoms with Gasteiger partial charge in [-0.05, 0) is 31.2 Å². The summed E-state index contributed by atoms with van der Waals surface area (Å²) in [5.74, 6) is 1.79. The molecule has 0 aromatic heterocycles. The van der Waals surface area contributed by atoms with Crippen LogP contribution in [-0.4, -0.2) is 7.11 Å². The fourth-order valence-corrected chi connectivity index (χ4v) is 3.17. The first-order chi connectivity index (χ1) is 8.69. The van der Waals surface area contributed by atoms with Crippen molar-refractivity contribution in [3.8, 4) is 5.75 Å². The molecule has 1 aromatic rings. The first-order valence-corrected chi connectivity index (χ1v) is 7.12. The Kier molecular flexibility index (Phi) is 4.28. The first kappa shape index (κ1) is 13.4. The Morgan fingerprint density at radius 2 is 2.06 bits per heavy atom. The lowest BCUT2D eigenvalue weighted by molar-refractivity contribution is 0.342. The van der Waals surface area contributed by atoms with E-state index in [0.29, 0.717) is 0 Å². The van der Waals surface area contributed by atoms with Gasteiger partial charge in [0.2, 0.25) is 0 Å². The van der Waals surface area contributed by atoms with Crippen LogP contribution in [0.3, 0.4) is 0 Å². The van der Waals surface area contributed by atoms with Crippen molar-refractivity contribution in [2.45, 2.75) is 51.0 Å². The molecule has 1 saturated carbocycles. The smallest absolute Gasteiger partial charge is 0.123 e. The molecular formula is C16H25NO. The first-order valence-electron chi connectivity index (χ1n) is 7.12. The average Bonchev–Trinajstić information content (AvgIpc) is 2.61. The summed E-state index contributed by atoms with van der Waals surface area (Å²) in [4.78, 5) is 0. The Bertz CT molecular complexity index is 390. The highest BCUT2D eigenvalue weighted by molar-refractivity contribution is 5.39. The molecule has 2 unspecified atom stereocenters. The number of rotatable bonds is 3. The fraction of sp³-hybridized carbons (Fsp3) is 0.625. The maximum atomic E-state index is 6.69. The van der Waals surface area contributed by atoms with Crippen molar-refractivity contribution in [1.29, 1.82) is 0 Å². The molecule has 2 atom stereocenters. The largest absolute Gasteiger partial charge is 0.496 e. The summed E-state index contributed by atoms with van der Waals surface area (Å²) in [5, 5.41) is 0. The SMILES string of the molecule is CCC1CCCC(N)(c2ccccc2OC)CC1. The van der Waals surface area contributed by atoms with Crippen LogP contribution >= 0.6 is 0 Å². The Balaban J connectivity index is 2.24. The Labute approximate surface area is 111 Å². The van der Waals surface area contributed by atoms with Crippen molar-refractivity contribution >= 4 is 0 Å². The molecule has 0 saturated heterocycles. The highest BCUT2D eigenvalue weighted by Crippen LogP contribution is 2.40. The molecule has 0 aliphatic heterocycles. The molecule has 2 rings (SSSR count). The van der Waals surface area contributed by atoms with E-state index in [9.17, 15) is 0 Å². The van der Waals surface area contributed by atoms with Gasteiger partial charge in [0.15, 0.2) is 0 Å². The minimum Gasteiger partial charge on any atom is -0.496 e. The molecule has 0 amide bonds. The molecule has 18 heavy (non-hydrogen) atoms. The lowest BCUT2D eigenvalue weighted by Crippen LogP contribution is -2.36. The summed E-state index contributed by atoms with van der Waals surface area (Å²) in [6.07, 6.45) is 7.22. The Hall–Kier alpha value is -1.02. The van der Waals surface area contributed by atoms with Gasteiger partial charge >= 0.3 is 0 Å². The van der Waals surface area contributed by atoms with E-state index in [1.807, 2.05) is 12.1 Å². The van der Waals surface area contributed by atoms with Crippen LogP contribution in [0, 0.1) is 5.92 Å². The van der Waals surface area contributed by atoms with Crippen molar-refractivity contribution < 1.29 is 4.74 Å². The van der Waals surface area contributed by atoms with Crippen LogP contribution in [0.1, 0.15) is 51.0 Å². The van der Waals surface area contributed by atoms with E-state index in [2.05, 4.69) is 19.1 Å². The molecule has 2 N–H and O–H groups in total. The highest BCUT2D eigenvalue weighted by Gasteiger charge is 2.32. The van der Waals surface area contributed by atoms with Gasteiger partial charge in [0.05, 0.1) is 7.11 Å². The molecule has 0 heterocycles. The predicted molar refractivity (Wildman–Crippen MR) is 75.7 cm³/mol. The zero-order valence-electron chi connectivity index (χ0n) is 11.6.